The molecule has 1 N–H and O–H groups in total. The van der Waals surface area contributed by atoms with Crippen molar-refractivity contribution in [2.75, 3.05) is 7.11 Å². The van der Waals surface area contributed by atoms with Gasteiger partial charge in [-0.25, -0.2) is 0 Å². The molecule has 0 radical (unpaired) electrons. The molecule has 0 spiro atoms. The number of alkyl halides is 6. The van der Waals surface area contributed by atoms with Gasteiger partial charge in [-0.3, -0.25) is 9.35 Å². The molecular weight excluding hydrogens is 602 g/mol. The normalized spacial score (nSPS) is 12.6. The van der Waals surface area contributed by atoms with Crippen molar-refractivity contribution < 1.29 is 53.6 Å². The molecule has 43 heavy (non-hydrogen) atoms. The molecule has 4 aromatic carbocycles. The number of rotatable bonds is 8. The highest BCUT2D eigenvalue weighted by molar-refractivity contribution is 7.86. The van der Waals surface area contributed by atoms with Gasteiger partial charge in [-0.2, -0.15) is 34.8 Å². The molecular formula is C30H22F6O6S. The van der Waals surface area contributed by atoms with E-state index in [1.165, 1.54) is 24.3 Å². The van der Waals surface area contributed by atoms with Gasteiger partial charge in [0.15, 0.2) is 5.78 Å². The van der Waals surface area contributed by atoms with E-state index in [-0.39, 0.29) is 23.3 Å². The molecule has 0 atom stereocenters. The lowest BCUT2D eigenvalue weighted by atomic mass is 9.73. The van der Waals surface area contributed by atoms with Crippen molar-refractivity contribution in [1.29, 1.82) is 0 Å². The third-order valence-electron chi connectivity index (χ3n) is 6.68. The van der Waals surface area contributed by atoms with Gasteiger partial charge in [0.2, 0.25) is 5.41 Å². The zero-order valence-corrected chi connectivity index (χ0v) is 23.1. The molecule has 0 heterocycles. The summed E-state index contributed by atoms with van der Waals surface area (Å²) in [6, 6.07) is 16.6. The number of carbonyl (C=O) groups excluding carboxylic acids is 1. The fraction of sp³-hybridized carbons (Fsp3) is 0.167. The Kier molecular flexibility index (Phi) is 8.35. The van der Waals surface area contributed by atoms with Crippen LogP contribution < -0.4 is 9.47 Å². The Bertz CT molecular complexity index is 1710. The molecule has 0 aromatic heterocycles. The van der Waals surface area contributed by atoms with E-state index in [9.17, 15) is 44.1 Å². The van der Waals surface area contributed by atoms with Gasteiger partial charge in [0.25, 0.3) is 10.1 Å². The summed E-state index contributed by atoms with van der Waals surface area (Å²) in [6.45, 7) is 1.87. The molecule has 0 saturated carbocycles. The lowest BCUT2D eigenvalue weighted by molar-refractivity contribution is -0.288. The number of halogens is 6. The third-order valence-corrected chi connectivity index (χ3v) is 7.55. The Morgan fingerprint density at radius 1 is 0.698 bits per heavy atom. The summed E-state index contributed by atoms with van der Waals surface area (Å²) in [5, 5.41) is 0. The molecule has 0 amide bonds. The van der Waals surface area contributed by atoms with E-state index in [0.29, 0.717) is 35.4 Å². The van der Waals surface area contributed by atoms with Gasteiger partial charge in [-0.15, -0.1) is 0 Å². The second kappa shape index (κ2) is 11.4. The van der Waals surface area contributed by atoms with Crippen LogP contribution in [0.5, 0.6) is 17.2 Å². The quantitative estimate of drug-likeness (QED) is 0.123. The third kappa shape index (κ3) is 6.09. The number of aryl methyl sites for hydroxylation is 1. The summed E-state index contributed by atoms with van der Waals surface area (Å²) in [5.41, 5.74) is -5.74. The Morgan fingerprint density at radius 2 is 1.14 bits per heavy atom. The van der Waals surface area contributed by atoms with Gasteiger partial charge in [-0.1, -0.05) is 48.0 Å². The van der Waals surface area contributed by atoms with Crippen molar-refractivity contribution in [2.24, 2.45) is 0 Å². The zero-order valence-electron chi connectivity index (χ0n) is 22.3. The lowest BCUT2D eigenvalue weighted by Crippen LogP contribution is -2.54. The van der Waals surface area contributed by atoms with Crippen molar-refractivity contribution in [3.05, 3.63) is 119 Å². The zero-order chi connectivity index (χ0) is 31.8. The highest BCUT2D eigenvalue weighted by Crippen LogP contribution is 2.57. The molecule has 6 nitrogen and oxygen atoms in total. The van der Waals surface area contributed by atoms with E-state index in [2.05, 4.69) is 0 Å². The second-order valence-electron chi connectivity index (χ2n) is 9.43. The molecule has 0 aliphatic carbocycles. The molecule has 0 unspecified atom stereocenters. The monoisotopic (exact) mass is 624 g/mol. The van der Waals surface area contributed by atoms with Crippen LogP contribution in [-0.2, 0) is 15.5 Å². The van der Waals surface area contributed by atoms with Crippen LogP contribution in [-0.4, -0.2) is 38.2 Å². The average molecular weight is 625 g/mol. The number of hydrogen-bond donors (Lipinski definition) is 1. The van der Waals surface area contributed by atoms with Crippen LogP contribution in [0.4, 0.5) is 26.3 Å². The maximum absolute atomic E-state index is 14.5. The first-order chi connectivity index (χ1) is 20.0. The Balaban J connectivity index is 1.71. The summed E-state index contributed by atoms with van der Waals surface area (Å²) in [7, 11) is -4.34. The smallest absolute Gasteiger partial charge is 0.411 e. The van der Waals surface area contributed by atoms with Crippen LogP contribution in [0, 0.1) is 6.92 Å². The van der Waals surface area contributed by atoms with Crippen LogP contribution in [0.1, 0.15) is 32.6 Å². The summed E-state index contributed by atoms with van der Waals surface area (Å²) in [4.78, 5) is 11.4. The highest BCUT2D eigenvalue weighted by atomic mass is 32.2. The maximum Gasteiger partial charge on any atom is 0.411 e. The fourth-order valence-electron chi connectivity index (χ4n) is 4.55. The predicted octanol–water partition coefficient (Wildman–Crippen LogP) is 7.68. The van der Waals surface area contributed by atoms with Gasteiger partial charge in [0, 0.05) is 11.1 Å². The summed E-state index contributed by atoms with van der Waals surface area (Å²) in [6.07, 6.45) is -12.0. The number of ketones is 1. The Labute approximate surface area is 242 Å². The number of hydrogen-bond acceptors (Lipinski definition) is 5. The lowest BCUT2D eigenvalue weighted by Gasteiger charge is -2.38. The Hall–Kier alpha value is -4.36. The van der Waals surface area contributed by atoms with E-state index < -0.39 is 49.7 Å². The van der Waals surface area contributed by atoms with E-state index in [1.807, 2.05) is 6.92 Å². The first-order valence-corrected chi connectivity index (χ1v) is 13.7. The van der Waals surface area contributed by atoms with E-state index in [4.69, 9.17) is 9.47 Å². The summed E-state index contributed by atoms with van der Waals surface area (Å²) in [5.74, 6) is -0.880. The van der Waals surface area contributed by atoms with E-state index in [1.54, 1.807) is 24.3 Å². The van der Waals surface area contributed by atoms with Crippen molar-refractivity contribution in [1.82, 2.24) is 0 Å². The van der Waals surface area contributed by atoms with Gasteiger partial charge in [0.1, 0.15) is 22.1 Å². The first-order valence-electron chi connectivity index (χ1n) is 12.3. The molecule has 4 rings (SSSR count). The number of ether oxygens (including phenoxy) is 2. The molecule has 13 heteroatoms. The largest absolute Gasteiger partial charge is 0.495 e. The van der Waals surface area contributed by atoms with Crippen molar-refractivity contribution in [3.63, 3.8) is 0 Å². The number of carbonyl (C=O) groups is 1. The molecule has 4 aromatic rings. The summed E-state index contributed by atoms with van der Waals surface area (Å²) < 4.78 is 130. The van der Waals surface area contributed by atoms with Crippen LogP contribution in [0.2, 0.25) is 0 Å². The van der Waals surface area contributed by atoms with Crippen molar-refractivity contribution in [2.45, 2.75) is 29.6 Å². The molecule has 0 aliphatic rings. The summed E-state index contributed by atoms with van der Waals surface area (Å²) >= 11 is 0. The van der Waals surface area contributed by atoms with E-state index in [0.717, 1.165) is 24.8 Å². The minimum absolute atomic E-state index is 0.0824. The second-order valence-corrected chi connectivity index (χ2v) is 10.8. The Morgan fingerprint density at radius 3 is 1.58 bits per heavy atom. The van der Waals surface area contributed by atoms with Crippen molar-refractivity contribution in [3.8, 4) is 17.2 Å². The van der Waals surface area contributed by atoms with Crippen LogP contribution in [0.3, 0.4) is 0 Å². The predicted molar refractivity (Wildman–Crippen MR) is 143 cm³/mol. The topological polar surface area (TPSA) is 89.9 Å². The van der Waals surface area contributed by atoms with Crippen molar-refractivity contribution >= 4 is 15.9 Å². The standard InChI is InChI=1S/C30H22F6O6S/c1-18-3-5-19(6-4-18)27(37)20-7-12-23(13-8-20)42-24-14-9-21(10-15-24)28(29(31,32)33,30(34,35)36)22-11-16-25(41-2)26(17-22)43(38,39)40/h3-17H,1-2H3,(H,38,39,40). The van der Waals surface area contributed by atoms with Crippen LogP contribution in [0.25, 0.3) is 0 Å². The molecule has 0 saturated heterocycles. The molecule has 226 valence electrons. The van der Waals surface area contributed by atoms with Crippen LogP contribution >= 0.6 is 0 Å². The van der Waals surface area contributed by atoms with Gasteiger partial charge >= 0.3 is 12.4 Å². The minimum Gasteiger partial charge on any atom is -0.495 e. The molecule has 0 bridgehead atoms. The highest BCUT2D eigenvalue weighted by Gasteiger charge is 2.72. The average Bonchev–Trinajstić information content (AvgIpc) is 2.93. The molecule has 0 aliphatic heterocycles. The maximum atomic E-state index is 14.5. The van der Waals surface area contributed by atoms with E-state index >= 15 is 0 Å². The minimum atomic E-state index is -6.02. The fourth-order valence-corrected chi connectivity index (χ4v) is 5.23. The molecule has 0 fully saturated rings. The van der Waals surface area contributed by atoms with Gasteiger partial charge in [-0.05, 0) is 66.6 Å². The van der Waals surface area contributed by atoms with Gasteiger partial charge < -0.3 is 9.47 Å². The van der Waals surface area contributed by atoms with Gasteiger partial charge in [0.05, 0.1) is 7.11 Å². The number of benzene rings is 4. The number of methoxy groups -OCH3 is 1. The SMILES string of the molecule is COc1ccc(C(c2ccc(Oc3ccc(C(=O)c4ccc(C)cc4)cc3)cc2)(C(F)(F)F)C(F)(F)F)cc1S(=O)(=O)O. The first kappa shape index (κ1) is 31.6. The van der Waals surface area contributed by atoms with Crippen LogP contribution in [0.15, 0.2) is 95.9 Å².